The van der Waals surface area contributed by atoms with E-state index >= 15 is 0 Å². The number of phenolic OH excluding ortho intramolecular Hbond substituents is 1. The molecule has 3 heterocycles. The molecule has 2 bridgehead atoms. The molecule has 3 aliphatic heterocycles. The van der Waals surface area contributed by atoms with Crippen LogP contribution in [0.1, 0.15) is 49.0 Å². The van der Waals surface area contributed by atoms with Gasteiger partial charge in [0.15, 0.2) is 0 Å². The van der Waals surface area contributed by atoms with Gasteiger partial charge in [-0.3, -0.25) is 14.5 Å². The maximum absolute atomic E-state index is 13.9. The average Bonchev–Trinajstić information content (AvgIpc) is 2.97. The third-order valence-corrected chi connectivity index (χ3v) is 8.06. The molecule has 42 heavy (non-hydrogen) atoms. The van der Waals surface area contributed by atoms with Crippen molar-refractivity contribution in [3.8, 4) is 11.5 Å². The molecule has 4 N–H and O–H groups in total. The molecule has 2 fully saturated rings. The lowest BCUT2D eigenvalue weighted by Gasteiger charge is -2.42. The quantitative estimate of drug-likeness (QED) is 0.437. The van der Waals surface area contributed by atoms with Gasteiger partial charge in [-0.1, -0.05) is 30.3 Å². The maximum Gasteiger partial charge on any atom is 0.315 e. The molecule has 0 aliphatic carbocycles. The minimum absolute atomic E-state index is 0.0125. The number of carbonyl (C=O) groups is 3. The summed E-state index contributed by atoms with van der Waals surface area (Å²) in [4.78, 5) is 43.9. The van der Waals surface area contributed by atoms with Gasteiger partial charge in [0, 0.05) is 50.7 Å². The molecule has 11 heteroatoms. The third kappa shape index (κ3) is 7.14. The van der Waals surface area contributed by atoms with Gasteiger partial charge in [-0.25, -0.2) is 4.79 Å². The molecule has 5 rings (SSSR count). The summed E-state index contributed by atoms with van der Waals surface area (Å²) in [7, 11) is 0. The lowest BCUT2D eigenvalue weighted by Crippen LogP contribution is -2.62. The molecule has 4 amide bonds. The Balaban J connectivity index is 1.39. The van der Waals surface area contributed by atoms with Gasteiger partial charge in [-0.15, -0.1) is 0 Å². The first kappa shape index (κ1) is 29.7. The fourth-order valence-corrected chi connectivity index (χ4v) is 5.88. The van der Waals surface area contributed by atoms with E-state index in [1.165, 1.54) is 0 Å². The van der Waals surface area contributed by atoms with E-state index < -0.39 is 12.1 Å². The number of ether oxygens (including phenoxy) is 2. The number of hydrogen-bond donors (Lipinski definition) is 4. The van der Waals surface area contributed by atoms with Crippen LogP contribution in [0.5, 0.6) is 11.5 Å². The standard InChI is InChI=1S/C31H41N5O6/c1-20(2)33-31(40)34-24-12-11-22-13-16-41-27-10-6-4-8-23(27)30(39)36-15-14-35(18-21-7-3-5-9-26(21)37)19-25(36)29(38)32-17-28(24)42-22/h3-10,20,22,24-25,28,37H,11-19H2,1-2H3,(H,32,38)(H2,33,34,40)/t22-,24+,25-,28+/m0/s1. The molecule has 3 aliphatic rings. The number of amides is 4. The topological polar surface area (TPSA) is 132 Å². The van der Waals surface area contributed by atoms with E-state index in [4.69, 9.17) is 9.47 Å². The van der Waals surface area contributed by atoms with Crippen LogP contribution < -0.4 is 20.7 Å². The zero-order chi connectivity index (χ0) is 29.6. The van der Waals surface area contributed by atoms with Crippen LogP contribution in [0.2, 0.25) is 0 Å². The minimum atomic E-state index is -0.775. The van der Waals surface area contributed by atoms with Crippen LogP contribution in [0.4, 0.5) is 4.79 Å². The number of aromatic hydroxyl groups is 1. The van der Waals surface area contributed by atoms with E-state index in [1.54, 1.807) is 35.2 Å². The molecule has 2 aromatic rings. The maximum atomic E-state index is 13.9. The van der Waals surface area contributed by atoms with Crippen LogP contribution in [0, 0.1) is 0 Å². The van der Waals surface area contributed by atoms with E-state index in [2.05, 4.69) is 20.9 Å². The highest BCUT2D eigenvalue weighted by atomic mass is 16.5. The highest BCUT2D eigenvalue weighted by Gasteiger charge is 2.39. The number of nitrogens with one attached hydrogen (secondary N) is 3. The number of para-hydroxylation sites is 2. The first-order valence-electron chi connectivity index (χ1n) is 14.8. The Bertz CT molecular complexity index is 1270. The van der Waals surface area contributed by atoms with Crippen molar-refractivity contribution in [2.75, 3.05) is 32.8 Å². The Hall–Kier alpha value is -3.83. The molecule has 226 valence electrons. The van der Waals surface area contributed by atoms with Gasteiger partial charge in [0.25, 0.3) is 5.91 Å². The van der Waals surface area contributed by atoms with Gasteiger partial charge in [0.1, 0.15) is 17.5 Å². The molecular weight excluding hydrogens is 538 g/mol. The number of benzene rings is 2. The number of rotatable bonds is 4. The van der Waals surface area contributed by atoms with Crippen LogP contribution in [0.25, 0.3) is 0 Å². The lowest BCUT2D eigenvalue weighted by molar-refractivity contribution is -0.130. The summed E-state index contributed by atoms with van der Waals surface area (Å²) in [6.45, 7) is 5.97. The van der Waals surface area contributed by atoms with Crippen molar-refractivity contribution in [2.45, 2.75) is 70.0 Å². The smallest absolute Gasteiger partial charge is 0.315 e. The number of phenols is 1. The molecular formula is C31H41N5O6. The number of fused-ring (bicyclic) bond motifs is 4. The van der Waals surface area contributed by atoms with E-state index in [1.807, 2.05) is 32.0 Å². The summed E-state index contributed by atoms with van der Waals surface area (Å²) in [6, 6.07) is 12.9. The van der Waals surface area contributed by atoms with Crippen LogP contribution in [-0.2, 0) is 16.1 Å². The molecule has 0 saturated carbocycles. The summed E-state index contributed by atoms with van der Waals surface area (Å²) in [5.74, 6) is 0.123. The molecule has 0 radical (unpaired) electrons. The number of piperazine rings is 1. The molecule has 2 aromatic carbocycles. The van der Waals surface area contributed by atoms with Crippen molar-refractivity contribution in [3.63, 3.8) is 0 Å². The van der Waals surface area contributed by atoms with Crippen molar-refractivity contribution in [1.82, 2.24) is 25.8 Å². The normalized spacial score (nSPS) is 25.4. The molecule has 4 atom stereocenters. The summed E-state index contributed by atoms with van der Waals surface area (Å²) >= 11 is 0. The van der Waals surface area contributed by atoms with E-state index in [0.717, 1.165) is 12.0 Å². The highest BCUT2D eigenvalue weighted by molar-refractivity contribution is 6.00. The Kier molecular flexibility index (Phi) is 9.48. The van der Waals surface area contributed by atoms with Crippen molar-refractivity contribution < 1.29 is 29.0 Å². The van der Waals surface area contributed by atoms with Gasteiger partial charge in [0.05, 0.1) is 30.4 Å². The summed E-state index contributed by atoms with van der Waals surface area (Å²) in [6.07, 6.45) is 1.51. The van der Waals surface area contributed by atoms with E-state index in [9.17, 15) is 19.5 Å². The van der Waals surface area contributed by atoms with Gasteiger partial charge >= 0.3 is 6.03 Å². The van der Waals surface area contributed by atoms with Gasteiger partial charge < -0.3 is 35.4 Å². The van der Waals surface area contributed by atoms with E-state index in [-0.39, 0.29) is 48.3 Å². The Labute approximate surface area is 246 Å². The van der Waals surface area contributed by atoms with Crippen LogP contribution in [0.3, 0.4) is 0 Å². The van der Waals surface area contributed by atoms with Crippen molar-refractivity contribution in [3.05, 3.63) is 59.7 Å². The fourth-order valence-electron chi connectivity index (χ4n) is 5.88. The number of urea groups is 1. The van der Waals surface area contributed by atoms with Gasteiger partial charge in [0.2, 0.25) is 5.91 Å². The van der Waals surface area contributed by atoms with Crippen molar-refractivity contribution >= 4 is 17.8 Å². The fraction of sp³-hybridized carbons (Fsp3) is 0.516. The SMILES string of the molecule is CC(C)NC(=O)N[C@@H]1CC[C@H]2CCOc3ccccc3C(=O)N3CCN(Cc4ccccc4O)C[C@H]3C(=O)NC[C@H]1O2. The number of hydrogen-bond acceptors (Lipinski definition) is 7. The van der Waals surface area contributed by atoms with Gasteiger partial charge in [-0.05, 0) is 44.9 Å². The Morgan fingerprint density at radius 2 is 1.86 bits per heavy atom. The molecule has 11 nitrogen and oxygen atoms in total. The summed E-state index contributed by atoms with van der Waals surface area (Å²) < 4.78 is 12.5. The van der Waals surface area contributed by atoms with Crippen molar-refractivity contribution in [1.29, 1.82) is 0 Å². The predicted octanol–water partition coefficient (Wildman–Crippen LogP) is 2.24. The summed E-state index contributed by atoms with van der Waals surface area (Å²) in [5.41, 5.74) is 1.18. The first-order chi connectivity index (χ1) is 20.3. The average molecular weight is 580 g/mol. The second kappa shape index (κ2) is 13.4. The first-order valence-corrected chi connectivity index (χ1v) is 14.8. The second-order valence-electron chi connectivity index (χ2n) is 11.5. The zero-order valence-corrected chi connectivity index (χ0v) is 24.3. The monoisotopic (exact) mass is 579 g/mol. The zero-order valence-electron chi connectivity index (χ0n) is 24.3. The van der Waals surface area contributed by atoms with Gasteiger partial charge in [-0.2, -0.15) is 0 Å². The predicted molar refractivity (Wildman–Crippen MR) is 156 cm³/mol. The molecule has 0 aromatic heterocycles. The van der Waals surface area contributed by atoms with Crippen LogP contribution in [-0.4, -0.2) is 95.9 Å². The second-order valence-corrected chi connectivity index (χ2v) is 11.5. The summed E-state index contributed by atoms with van der Waals surface area (Å²) in [5, 5.41) is 19.2. The molecule has 2 saturated heterocycles. The highest BCUT2D eigenvalue weighted by Crippen LogP contribution is 2.27. The Morgan fingerprint density at radius 1 is 1.07 bits per heavy atom. The Morgan fingerprint density at radius 3 is 2.67 bits per heavy atom. The molecule has 0 spiro atoms. The third-order valence-electron chi connectivity index (χ3n) is 8.06. The lowest BCUT2D eigenvalue weighted by atomic mass is 9.96. The largest absolute Gasteiger partial charge is 0.508 e. The number of nitrogens with zero attached hydrogens (tertiary/aromatic N) is 2. The minimum Gasteiger partial charge on any atom is -0.508 e. The van der Waals surface area contributed by atoms with Crippen LogP contribution in [0.15, 0.2) is 48.5 Å². The van der Waals surface area contributed by atoms with Crippen molar-refractivity contribution in [2.24, 2.45) is 0 Å². The molecule has 0 unspecified atom stereocenters. The van der Waals surface area contributed by atoms with Crippen LogP contribution >= 0.6 is 0 Å². The van der Waals surface area contributed by atoms with E-state index in [0.29, 0.717) is 56.9 Å². The number of carbonyl (C=O) groups excluding carboxylic acids is 3.